The van der Waals surface area contributed by atoms with E-state index in [0.29, 0.717) is 11.5 Å². The van der Waals surface area contributed by atoms with Crippen LogP contribution >= 0.6 is 0 Å². The summed E-state index contributed by atoms with van der Waals surface area (Å²) in [6.07, 6.45) is 0. The van der Waals surface area contributed by atoms with E-state index in [2.05, 4.69) is 5.10 Å². The van der Waals surface area contributed by atoms with Crippen LogP contribution < -0.4 is 9.47 Å². The maximum Gasteiger partial charge on any atom is 0.263 e. The Bertz CT molecular complexity index is 1150. The van der Waals surface area contributed by atoms with Crippen molar-refractivity contribution in [3.63, 3.8) is 0 Å². The zero-order chi connectivity index (χ0) is 25.1. The molecule has 0 N–H and O–H groups in total. The second-order valence-electron chi connectivity index (χ2n) is 8.91. The molecule has 0 radical (unpaired) electrons. The zero-order valence-electron chi connectivity index (χ0n) is 20.9. The first-order valence-corrected chi connectivity index (χ1v) is 12.4. The van der Waals surface area contributed by atoms with Gasteiger partial charge in [-0.1, -0.05) is 24.3 Å². The van der Waals surface area contributed by atoms with Crippen LogP contribution in [0.3, 0.4) is 0 Å². The maximum absolute atomic E-state index is 13.8. The molecule has 8 nitrogen and oxygen atoms in total. The SMILES string of the molecule is COc1ccc(CN(Cc2ccc(OC)cc2)S(=O)(=O)c2cc(C(C)(C)N(C)C)n(C)n2)cc1. The van der Waals surface area contributed by atoms with Gasteiger partial charge in [0.2, 0.25) is 0 Å². The van der Waals surface area contributed by atoms with Crippen LogP contribution in [-0.2, 0) is 35.7 Å². The molecule has 184 valence electrons. The molecule has 0 aliphatic rings. The number of ether oxygens (including phenoxy) is 2. The van der Waals surface area contributed by atoms with E-state index in [1.807, 2.05) is 81.4 Å². The predicted octanol–water partition coefficient (Wildman–Crippen LogP) is 3.63. The second-order valence-corrected chi connectivity index (χ2v) is 10.8. The first-order chi connectivity index (χ1) is 16.0. The van der Waals surface area contributed by atoms with E-state index in [0.717, 1.165) is 16.8 Å². The van der Waals surface area contributed by atoms with Crippen LogP contribution in [0.25, 0.3) is 0 Å². The normalized spacial score (nSPS) is 12.4. The summed E-state index contributed by atoms with van der Waals surface area (Å²) in [5.74, 6) is 1.43. The zero-order valence-corrected chi connectivity index (χ0v) is 21.8. The second kappa shape index (κ2) is 10.2. The molecule has 0 amide bonds. The van der Waals surface area contributed by atoms with E-state index in [1.54, 1.807) is 32.0 Å². The lowest BCUT2D eigenvalue weighted by Crippen LogP contribution is -2.37. The highest BCUT2D eigenvalue weighted by Crippen LogP contribution is 2.29. The van der Waals surface area contributed by atoms with Crippen LogP contribution in [0.4, 0.5) is 0 Å². The average molecular weight is 487 g/mol. The van der Waals surface area contributed by atoms with Crippen LogP contribution in [0.15, 0.2) is 59.6 Å². The van der Waals surface area contributed by atoms with Gasteiger partial charge in [-0.05, 0) is 63.3 Å². The van der Waals surface area contributed by atoms with Gasteiger partial charge in [0.05, 0.1) is 25.5 Å². The summed E-state index contributed by atoms with van der Waals surface area (Å²) in [7, 11) is 5.00. The quantitative estimate of drug-likeness (QED) is 0.436. The fourth-order valence-corrected chi connectivity index (χ4v) is 4.98. The molecule has 3 rings (SSSR count). The number of methoxy groups -OCH3 is 2. The molecule has 0 bridgehead atoms. The van der Waals surface area contributed by atoms with E-state index >= 15 is 0 Å². The van der Waals surface area contributed by atoms with Gasteiger partial charge < -0.3 is 9.47 Å². The molecule has 0 saturated carbocycles. The molecule has 0 saturated heterocycles. The third-order valence-electron chi connectivity index (χ3n) is 6.24. The largest absolute Gasteiger partial charge is 0.497 e. The standard InChI is InChI=1S/C25H34N4O4S/c1-25(2,27(3)4)23-16-24(26-28(23)5)34(30,31)29(17-19-8-12-21(32-6)13-9-19)18-20-10-14-22(33-7)15-11-20/h8-16H,17-18H2,1-7H3. The Morgan fingerprint density at radius 3 is 1.71 bits per heavy atom. The molecule has 34 heavy (non-hydrogen) atoms. The molecular weight excluding hydrogens is 452 g/mol. The number of sulfonamides is 1. The number of rotatable bonds is 10. The summed E-state index contributed by atoms with van der Waals surface area (Å²) < 4.78 is 41.2. The fourth-order valence-electron chi connectivity index (χ4n) is 3.60. The first-order valence-electron chi connectivity index (χ1n) is 11.0. The smallest absolute Gasteiger partial charge is 0.263 e. The summed E-state index contributed by atoms with van der Waals surface area (Å²) >= 11 is 0. The molecule has 2 aromatic carbocycles. The van der Waals surface area contributed by atoms with Crippen LogP contribution in [0.1, 0.15) is 30.7 Å². The Labute approximate surface area is 202 Å². The Balaban J connectivity index is 2.00. The molecule has 9 heteroatoms. The van der Waals surface area contributed by atoms with Crippen molar-refractivity contribution in [3.8, 4) is 11.5 Å². The van der Waals surface area contributed by atoms with Gasteiger partial charge in [-0.25, -0.2) is 8.42 Å². The third kappa shape index (κ3) is 5.43. The minimum absolute atomic E-state index is 0.0296. The molecule has 0 aliphatic heterocycles. The molecular formula is C25H34N4O4S. The highest BCUT2D eigenvalue weighted by molar-refractivity contribution is 7.89. The Morgan fingerprint density at radius 2 is 1.32 bits per heavy atom. The molecule has 0 fully saturated rings. The number of nitrogens with zero attached hydrogens (tertiary/aromatic N) is 4. The first kappa shape index (κ1) is 25.7. The van der Waals surface area contributed by atoms with Gasteiger partial charge in [0.1, 0.15) is 11.5 Å². The van der Waals surface area contributed by atoms with Gasteiger partial charge in [0, 0.05) is 26.2 Å². The molecule has 0 spiro atoms. The Kier molecular flexibility index (Phi) is 7.70. The number of hydrogen-bond acceptors (Lipinski definition) is 6. The molecule has 1 aromatic heterocycles. The molecule has 0 aliphatic carbocycles. The Morgan fingerprint density at radius 1 is 0.882 bits per heavy atom. The average Bonchev–Trinajstić information content (AvgIpc) is 3.22. The van der Waals surface area contributed by atoms with Gasteiger partial charge in [0.25, 0.3) is 10.0 Å². The van der Waals surface area contributed by atoms with Crippen molar-refractivity contribution in [1.82, 2.24) is 19.0 Å². The van der Waals surface area contributed by atoms with Crippen molar-refractivity contribution in [2.24, 2.45) is 7.05 Å². The molecule has 1 heterocycles. The van der Waals surface area contributed by atoms with E-state index in [9.17, 15) is 8.42 Å². The van der Waals surface area contributed by atoms with E-state index < -0.39 is 15.6 Å². The number of aromatic nitrogens is 2. The van der Waals surface area contributed by atoms with Crippen molar-refractivity contribution in [3.05, 3.63) is 71.4 Å². The minimum atomic E-state index is -3.90. The van der Waals surface area contributed by atoms with Crippen molar-refractivity contribution in [1.29, 1.82) is 0 Å². The highest BCUT2D eigenvalue weighted by atomic mass is 32.2. The van der Waals surface area contributed by atoms with Gasteiger partial charge in [0.15, 0.2) is 5.03 Å². The van der Waals surface area contributed by atoms with Crippen molar-refractivity contribution in [2.45, 2.75) is 37.5 Å². The number of hydrogen-bond donors (Lipinski definition) is 0. The summed E-state index contributed by atoms with van der Waals surface area (Å²) in [5.41, 5.74) is 2.11. The van der Waals surface area contributed by atoms with Crippen LogP contribution in [0, 0.1) is 0 Å². The highest BCUT2D eigenvalue weighted by Gasteiger charge is 2.33. The summed E-state index contributed by atoms with van der Waals surface area (Å²) in [6, 6.07) is 16.5. The van der Waals surface area contributed by atoms with Gasteiger partial charge in [-0.3, -0.25) is 9.58 Å². The summed E-state index contributed by atoms with van der Waals surface area (Å²) in [5, 5.41) is 4.44. The van der Waals surface area contributed by atoms with Crippen molar-refractivity contribution in [2.75, 3.05) is 28.3 Å². The maximum atomic E-state index is 13.8. The van der Waals surface area contributed by atoms with Gasteiger partial charge >= 0.3 is 0 Å². The van der Waals surface area contributed by atoms with Crippen molar-refractivity contribution >= 4 is 10.0 Å². The number of aryl methyl sites for hydroxylation is 1. The lowest BCUT2D eigenvalue weighted by molar-refractivity contribution is 0.185. The fraction of sp³-hybridized carbons (Fsp3) is 0.400. The molecule has 3 aromatic rings. The summed E-state index contributed by atoms with van der Waals surface area (Å²) in [4.78, 5) is 2.03. The van der Waals surface area contributed by atoms with E-state index in [-0.39, 0.29) is 18.1 Å². The lowest BCUT2D eigenvalue weighted by atomic mass is 9.99. The number of benzene rings is 2. The third-order valence-corrected chi connectivity index (χ3v) is 7.91. The van der Waals surface area contributed by atoms with Crippen LogP contribution in [0.2, 0.25) is 0 Å². The van der Waals surface area contributed by atoms with Crippen LogP contribution in [0.5, 0.6) is 11.5 Å². The minimum Gasteiger partial charge on any atom is -0.497 e. The Hall–Kier alpha value is -2.88. The van der Waals surface area contributed by atoms with Gasteiger partial charge in [-0.2, -0.15) is 9.40 Å². The predicted molar refractivity (Wildman–Crippen MR) is 132 cm³/mol. The van der Waals surface area contributed by atoms with Gasteiger partial charge in [-0.15, -0.1) is 0 Å². The molecule has 0 unspecified atom stereocenters. The van der Waals surface area contributed by atoms with Crippen molar-refractivity contribution < 1.29 is 17.9 Å². The van der Waals surface area contributed by atoms with E-state index in [1.165, 1.54) is 4.31 Å². The lowest BCUT2D eigenvalue weighted by Gasteiger charge is -2.32. The summed E-state index contributed by atoms with van der Waals surface area (Å²) in [6.45, 7) is 4.46. The monoisotopic (exact) mass is 486 g/mol. The van der Waals surface area contributed by atoms with Crippen LogP contribution in [-0.4, -0.2) is 55.7 Å². The molecule has 0 atom stereocenters. The van der Waals surface area contributed by atoms with E-state index in [4.69, 9.17) is 9.47 Å². The topological polar surface area (TPSA) is 76.9 Å².